The number of hydrogen-bond donors (Lipinski definition) is 0. The topological polar surface area (TPSA) is 18.5 Å². The van der Waals surface area contributed by atoms with Crippen LogP contribution in [0.1, 0.15) is 40.0 Å². The third-order valence-corrected chi connectivity index (χ3v) is 3.49. The zero-order valence-electron chi connectivity index (χ0n) is 10.6. The van der Waals surface area contributed by atoms with Crippen molar-refractivity contribution >= 4 is 0 Å². The SMILES string of the molecule is CC1(C)C=C(C2(C)OCC=CCO2)CCC1. The minimum atomic E-state index is -0.513. The molecule has 0 saturated heterocycles. The van der Waals surface area contributed by atoms with E-state index in [1.165, 1.54) is 18.4 Å². The molecule has 2 nitrogen and oxygen atoms in total. The minimum Gasteiger partial charge on any atom is -0.342 e. The first kappa shape index (κ1) is 11.9. The number of ether oxygens (including phenoxy) is 2. The summed E-state index contributed by atoms with van der Waals surface area (Å²) in [5, 5.41) is 0. The molecule has 2 heteroatoms. The maximum atomic E-state index is 5.85. The van der Waals surface area contributed by atoms with Crippen LogP contribution in [0, 0.1) is 5.41 Å². The Balaban J connectivity index is 2.19. The Morgan fingerprint density at radius 1 is 1.06 bits per heavy atom. The highest BCUT2D eigenvalue weighted by Crippen LogP contribution is 2.39. The lowest BCUT2D eigenvalue weighted by Crippen LogP contribution is -2.36. The van der Waals surface area contributed by atoms with E-state index in [0.717, 1.165) is 6.42 Å². The van der Waals surface area contributed by atoms with Crippen molar-refractivity contribution < 1.29 is 9.47 Å². The molecule has 0 bridgehead atoms. The molecule has 0 aromatic carbocycles. The van der Waals surface area contributed by atoms with E-state index < -0.39 is 5.79 Å². The average Bonchev–Trinajstić information content (AvgIpc) is 2.43. The molecule has 0 atom stereocenters. The quantitative estimate of drug-likeness (QED) is 0.633. The highest BCUT2D eigenvalue weighted by molar-refractivity contribution is 5.19. The second-order valence-electron chi connectivity index (χ2n) is 5.55. The van der Waals surface area contributed by atoms with Gasteiger partial charge in [-0.25, -0.2) is 0 Å². The molecular weight excluding hydrogens is 200 g/mol. The van der Waals surface area contributed by atoms with Crippen molar-refractivity contribution in [3.05, 3.63) is 23.8 Å². The van der Waals surface area contributed by atoms with E-state index in [2.05, 4.69) is 19.9 Å². The Bertz CT molecular complexity index is 303. The summed E-state index contributed by atoms with van der Waals surface area (Å²) < 4.78 is 11.7. The van der Waals surface area contributed by atoms with Crippen LogP contribution in [0.15, 0.2) is 23.8 Å². The molecule has 90 valence electrons. The fourth-order valence-electron chi connectivity index (χ4n) is 2.49. The van der Waals surface area contributed by atoms with Crippen molar-refractivity contribution in [1.29, 1.82) is 0 Å². The standard InChI is InChI=1S/C14H22O2/c1-13(2)8-6-7-12(11-13)14(3)15-9-4-5-10-16-14/h4-5,11H,6-10H2,1-3H3. The molecule has 0 fully saturated rings. The Kier molecular flexibility index (Phi) is 3.22. The van der Waals surface area contributed by atoms with Gasteiger partial charge in [0.05, 0.1) is 13.2 Å². The van der Waals surface area contributed by atoms with Crippen LogP contribution in [0.4, 0.5) is 0 Å². The van der Waals surface area contributed by atoms with Crippen molar-refractivity contribution in [2.45, 2.75) is 45.8 Å². The Morgan fingerprint density at radius 3 is 2.25 bits per heavy atom. The summed E-state index contributed by atoms with van der Waals surface area (Å²) >= 11 is 0. The lowest BCUT2D eigenvalue weighted by atomic mass is 9.78. The maximum Gasteiger partial charge on any atom is 0.188 e. The van der Waals surface area contributed by atoms with Gasteiger partial charge in [0.25, 0.3) is 0 Å². The molecule has 1 aliphatic heterocycles. The first-order chi connectivity index (χ1) is 7.52. The summed E-state index contributed by atoms with van der Waals surface area (Å²) in [6.45, 7) is 7.91. The van der Waals surface area contributed by atoms with Crippen molar-refractivity contribution in [1.82, 2.24) is 0 Å². The van der Waals surface area contributed by atoms with Crippen LogP contribution in [0.3, 0.4) is 0 Å². The summed E-state index contributed by atoms with van der Waals surface area (Å²) in [4.78, 5) is 0. The highest BCUT2D eigenvalue weighted by Gasteiger charge is 2.35. The van der Waals surface area contributed by atoms with Gasteiger partial charge >= 0.3 is 0 Å². The molecule has 0 aromatic rings. The molecule has 0 spiro atoms. The van der Waals surface area contributed by atoms with Crippen molar-refractivity contribution in [3.63, 3.8) is 0 Å². The third-order valence-electron chi connectivity index (χ3n) is 3.49. The summed E-state index contributed by atoms with van der Waals surface area (Å²) in [5.74, 6) is -0.513. The van der Waals surface area contributed by atoms with Crippen LogP contribution < -0.4 is 0 Å². The molecule has 0 radical (unpaired) electrons. The van der Waals surface area contributed by atoms with E-state index in [4.69, 9.17) is 9.47 Å². The summed E-state index contributed by atoms with van der Waals surface area (Å²) in [6.07, 6.45) is 9.99. The van der Waals surface area contributed by atoms with Gasteiger partial charge in [0, 0.05) is 0 Å². The summed E-state index contributed by atoms with van der Waals surface area (Å²) in [7, 11) is 0. The van der Waals surface area contributed by atoms with Crippen molar-refractivity contribution in [3.8, 4) is 0 Å². The van der Waals surface area contributed by atoms with Crippen molar-refractivity contribution in [2.75, 3.05) is 13.2 Å². The molecule has 0 amide bonds. The molecule has 1 aliphatic carbocycles. The van der Waals surface area contributed by atoms with Crippen LogP contribution in [-0.4, -0.2) is 19.0 Å². The predicted molar refractivity (Wildman–Crippen MR) is 65.2 cm³/mol. The van der Waals surface area contributed by atoms with Crippen LogP contribution in [0.5, 0.6) is 0 Å². The minimum absolute atomic E-state index is 0.281. The average molecular weight is 222 g/mol. The second-order valence-corrected chi connectivity index (χ2v) is 5.55. The van der Waals surface area contributed by atoms with E-state index in [0.29, 0.717) is 13.2 Å². The largest absolute Gasteiger partial charge is 0.342 e. The van der Waals surface area contributed by atoms with E-state index in [-0.39, 0.29) is 5.41 Å². The maximum absolute atomic E-state index is 5.85. The zero-order chi connectivity index (χ0) is 11.6. The van der Waals surface area contributed by atoms with Crippen molar-refractivity contribution in [2.24, 2.45) is 5.41 Å². The zero-order valence-corrected chi connectivity index (χ0v) is 10.6. The van der Waals surface area contributed by atoms with Gasteiger partial charge < -0.3 is 9.47 Å². The van der Waals surface area contributed by atoms with Crippen LogP contribution in [0.25, 0.3) is 0 Å². The van der Waals surface area contributed by atoms with Gasteiger partial charge in [-0.3, -0.25) is 0 Å². The van der Waals surface area contributed by atoms with Gasteiger partial charge in [-0.05, 0) is 37.2 Å². The number of rotatable bonds is 1. The van der Waals surface area contributed by atoms with Gasteiger partial charge in [-0.1, -0.05) is 32.1 Å². The van der Waals surface area contributed by atoms with Crippen LogP contribution in [-0.2, 0) is 9.47 Å². The normalized spacial score (nSPS) is 28.3. The second kappa shape index (κ2) is 4.34. The van der Waals surface area contributed by atoms with Gasteiger partial charge in [-0.15, -0.1) is 0 Å². The molecule has 0 unspecified atom stereocenters. The molecule has 16 heavy (non-hydrogen) atoms. The van der Waals surface area contributed by atoms with E-state index in [9.17, 15) is 0 Å². The first-order valence-electron chi connectivity index (χ1n) is 6.17. The Labute approximate surface area is 98.3 Å². The molecular formula is C14H22O2. The predicted octanol–water partition coefficient (Wildman–Crippen LogP) is 3.44. The highest BCUT2D eigenvalue weighted by atomic mass is 16.7. The smallest absolute Gasteiger partial charge is 0.188 e. The van der Waals surface area contributed by atoms with Gasteiger partial charge in [0.1, 0.15) is 0 Å². The lowest BCUT2D eigenvalue weighted by molar-refractivity contribution is -0.184. The number of allylic oxidation sites excluding steroid dienone is 1. The van der Waals surface area contributed by atoms with E-state index in [1.807, 2.05) is 19.1 Å². The monoisotopic (exact) mass is 222 g/mol. The molecule has 2 aliphatic rings. The molecule has 1 heterocycles. The lowest BCUT2D eigenvalue weighted by Gasteiger charge is -2.36. The van der Waals surface area contributed by atoms with Crippen LogP contribution in [0.2, 0.25) is 0 Å². The Hall–Kier alpha value is -0.600. The number of hydrogen-bond acceptors (Lipinski definition) is 2. The molecule has 0 saturated carbocycles. The molecule has 0 N–H and O–H groups in total. The summed E-state index contributed by atoms with van der Waals surface area (Å²) in [5.41, 5.74) is 1.59. The van der Waals surface area contributed by atoms with E-state index >= 15 is 0 Å². The summed E-state index contributed by atoms with van der Waals surface area (Å²) in [6, 6.07) is 0. The fourth-order valence-corrected chi connectivity index (χ4v) is 2.49. The Morgan fingerprint density at radius 2 is 1.69 bits per heavy atom. The first-order valence-corrected chi connectivity index (χ1v) is 6.17. The third kappa shape index (κ3) is 2.55. The van der Waals surface area contributed by atoms with E-state index in [1.54, 1.807) is 0 Å². The molecule has 2 rings (SSSR count). The van der Waals surface area contributed by atoms with Gasteiger partial charge in [-0.2, -0.15) is 0 Å². The van der Waals surface area contributed by atoms with Gasteiger partial charge in [0.2, 0.25) is 0 Å². The van der Waals surface area contributed by atoms with Gasteiger partial charge in [0.15, 0.2) is 5.79 Å². The fraction of sp³-hybridized carbons (Fsp3) is 0.714. The van der Waals surface area contributed by atoms with Crippen LogP contribution >= 0.6 is 0 Å². The molecule has 0 aromatic heterocycles.